The van der Waals surface area contributed by atoms with Crippen LogP contribution in [0.3, 0.4) is 0 Å². The third kappa shape index (κ3) is 5.70. The molecule has 3 aromatic rings. The van der Waals surface area contributed by atoms with E-state index in [0.717, 1.165) is 31.2 Å². The number of anilines is 1. The van der Waals surface area contributed by atoms with Crippen molar-refractivity contribution in [1.29, 1.82) is 0 Å². The lowest BCUT2D eigenvalue weighted by molar-refractivity contribution is -0.116. The molecular weight excluding hydrogens is 430 g/mol. The number of pyridine rings is 1. The second-order valence-electron chi connectivity index (χ2n) is 7.80. The Bertz CT molecular complexity index is 1080. The molecule has 32 heavy (non-hydrogen) atoms. The summed E-state index contributed by atoms with van der Waals surface area (Å²) < 4.78 is 5.22. The van der Waals surface area contributed by atoms with Gasteiger partial charge >= 0.3 is 0 Å². The Kier molecular flexibility index (Phi) is 7.11. The number of carbonyl (C=O) groups is 2. The van der Waals surface area contributed by atoms with Crippen molar-refractivity contribution in [1.82, 2.24) is 20.4 Å². The maximum atomic E-state index is 12.7. The van der Waals surface area contributed by atoms with Crippen molar-refractivity contribution in [3.63, 3.8) is 0 Å². The van der Waals surface area contributed by atoms with Crippen LogP contribution < -0.4 is 10.6 Å². The van der Waals surface area contributed by atoms with Crippen LogP contribution in [0.2, 0.25) is 5.02 Å². The molecule has 4 rings (SSSR count). The highest BCUT2D eigenvalue weighted by molar-refractivity contribution is 6.34. The molecule has 1 aliphatic carbocycles. The van der Waals surface area contributed by atoms with Gasteiger partial charge in [-0.05, 0) is 43.2 Å². The van der Waals surface area contributed by atoms with Gasteiger partial charge in [0.05, 0.1) is 10.6 Å². The summed E-state index contributed by atoms with van der Waals surface area (Å²) in [5.74, 6) is 0.348. The van der Waals surface area contributed by atoms with Crippen molar-refractivity contribution >= 4 is 29.1 Å². The van der Waals surface area contributed by atoms with Crippen LogP contribution in [-0.4, -0.2) is 33.0 Å². The monoisotopic (exact) mass is 453 g/mol. The minimum absolute atomic E-state index is 0.154. The first kappa shape index (κ1) is 22.0. The highest BCUT2D eigenvalue weighted by Crippen LogP contribution is 2.23. The van der Waals surface area contributed by atoms with E-state index in [1.165, 1.54) is 6.42 Å². The highest BCUT2D eigenvalue weighted by Gasteiger charge is 2.19. The minimum Gasteiger partial charge on any atom is -0.349 e. The number of nitrogens with zero attached hydrogens (tertiary/aromatic N) is 3. The van der Waals surface area contributed by atoms with Gasteiger partial charge in [0.25, 0.3) is 5.91 Å². The molecule has 0 radical (unpaired) electrons. The fourth-order valence-electron chi connectivity index (χ4n) is 3.70. The second-order valence-corrected chi connectivity index (χ2v) is 8.21. The number of rotatable bonds is 7. The molecule has 2 heterocycles. The van der Waals surface area contributed by atoms with Gasteiger partial charge in [-0.25, -0.2) is 0 Å². The smallest absolute Gasteiger partial charge is 0.253 e. The first-order chi connectivity index (χ1) is 15.6. The van der Waals surface area contributed by atoms with Crippen LogP contribution in [0.25, 0.3) is 11.4 Å². The number of halogens is 1. The zero-order chi connectivity index (χ0) is 22.3. The van der Waals surface area contributed by atoms with E-state index in [1.54, 1.807) is 36.7 Å². The van der Waals surface area contributed by atoms with Gasteiger partial charge < -0.3 is 15.2 Å². The van der Waals surface area contributed by atoms with Gasteiger partial charge in [-0.1, -0.05) is 36.0 Å². The Morgan fingerprint density at radius 2 is 2.00 bits per heavy atom. The molecule has 2 aromatic heterocycles. The molecule has 0 aliphatic heterocycles. The molecular formula is C23H24ClN5O3. The van der Waals surface area contributed by atoms with Crippen molar-refractivity contribution < 1.29 is 14.1 Å². The molecule has 0 bridgehead atoms. The molecule has 2 amide bonds. The van der Waals surface area contributed by atoms with E-state index in [4.69, 9.17) is 16.1 Å². The molecule has 0 unspecified atom stereocenters. The standard InChI is InChI=1S/C23H24ClN5O3/c24-19-9-8-17(13-18(19)23(31)27-16-6-2-1-3-7-16)26-20(30)10-11-21-28-22(29-32-21)15-5-4-12-25-14-15/h4-5,8-9,12-14,16H,1-3,6-7,10-11H2,(H,26,30)(H,27,31). The van der Waals surface area contributed by atoms with Crippen molar-refractivity contribution in [2.45, 2.75) is 51.0 Å². The first-order valence-electron chi connectivity index (χ1n) is 10.7. The van der Waals surface area contributed by atoms with Gasteiger partial charge in [-0.3, -0.25) is 14.6 Å². The van der Waals surface area contributed by atoms with E-state index in [9.17, 15) is 9.59 Å². The molecule has 1 aliphatic rings. The van der Waals surface area contributed by atoms with Gasteiger partial charge in [0.2, 0.25) is 17.6 Å². The Labute approximate surface area is 190 Å². The van der Waals surface area contributed by atoms with Crippen LogP contribution in [0, 0.1) is 0 Å². The average molecular weight is 454 g/mol. The van der Waals surface area contributed by atoms with Crippen molar-refractivity contribution in [2.75, 3.05) is 5.32 Å². The summed E-state index contributed by atoms with van der Waals surface area (Å²) in [5.41, 5.74) is 1.61. The van der Waals surface area contributed by atoms with Gasteiger partial charge in [0.15, 0.2) is 0 Å². The molecule has 2 N–H and O–H groups in total. The van der Waals surface area contributed by atoms with Crippen LogP contribution in [-0.2, 0) is 11.2 Å². The van der Waals surface area contributed by atoms with Gasteiger partial charge in [0, 0.05) is 42.5 Å². The number of nitrogens with one attached hydrogen (secondary N) is 2. The minimum atomic E-state index is -0.230. The van der Waals surface area contributed by atoms with Gasteiger partial charge in [-0.2, -0.15) is 4.98 Å². The molecule has 0 spiro atoms. The Morgan fingerprint density at radius 3 is 2.78 bits per heavy atom. The third-order valence-electron chi connectivity index (χ3n) is 5.39. The fraction of sp³-hybridized carbons (Fsp3) is 0.348. The normalized spacial score (nSPS) is 14.2. The van der Waals surface area contributed by atoms with E-state index < -0.39 is 0 Å². The van der Waals surface area contributed by atoms with Crippen LogP contribution in [0.4, 0.5) is 5.69 Å². The molecule has 0 atom stereocenters. The predicted octanol–water partition coefficient (Wildman–Crippen LogP) is 4.42. The van der Waals surface area contributed by atoms with Crippen LogP contribution in [0.1, 0.15) is 54.8 Å². The molecule has 0 saturated heterocycles. The summed E-state index contributed by atoms with van der Waals surface area (Å²) in [5, 5.41) is 10.1. The van der Waals surface area contributed by atoms with Crippen molar-refractivity contribution in [2.24, 2.45) is 0 Å². The van der Waals surface area contributed by atoms with Crippen LogP contribution >= 0.6 is 11.6 Å². The lowest BCUT2D eigenvalue weighted by Crippen LogP contribution is -2.36. The summed E-state index contributed by atoms with van der Waals surface area (Å²) in [6.45, 7) is 0. The van der Waals surface area contributed by atoms with Gasteiger partial charge in [0.1, 0.15) is 0 Å². The number of hydrogen-bond donors (Lipinski definition) is 2. The number of aryl methyl sites for hydroxylation is 1. The highest BCUT2D eigenvalue weighted by atomic mass is 35.5. The van der Waals surface area contributed by atoms with Crippen LogP contribution in [0.15, 0.2) is 47.2 Å². The number of benzene rings is 1. The molecule has 1 aromatic carbocycles. The average Bonchev–Trinajstić information content (AvgIpc) is 3.29. The van der Waals surface area contributed by atoms with E-state index in [1.807, 2.05) is 6.07 Å². The summed E-state index contributed by atoms with van der Waals surface area (Å²) in [6.07, 6.45) is 9.18. The Morgan fingerprint density at radius 1 is 1.16 bits per heavy atom. The quantitative estimate of drug-likeness (QED) is 0.548. The number of aromatic nitrogens is 3. The molecule has 8 nitrogen and oxygen atoms in total. The van der Waals surface area contributed by atoms with Gasteiger partial charge in [-0.15, -0.1) is 0 Å². The lowest BCUT2D eigenvalue weighted by atomic mass is 9.95. The number of hydrogen-bond acceptors (Lipinski definition) is 6. The molecule has 1 fully saturated rings. The maximum Gasteiger partial charge on any atom is 0.253 e. The van der Waals surface area contributed by atoms with E-state index >= 15 is 0 Å². The number of carbonyl (C=O) groups excluding carboxylic acids is 2. The summed E-state index contributed by atoms with van der Waals surface area (Å²) in [6, 6.07) is 8.68. The third-order valence-corrected chi connectivity index (χ3v) is 5.72. The summed E-state index contributed by atoms with van der Waals surface area (Å²) in [4.78, 5) is 33.4. The largest absolute Gasteiger partial charge is 0.349 e. The Balaban J connectivity index is 1.32. The zero-order valence-electron chi connectivity index (χ0n) is 17.5. The Hall–Kier alpha value is -3.26. The van der Waals surface area contributed by atoms with Crippen molar-refractivity contribution in [3.8, 4) is 11.4 Å². The molecule has 1 saturated carbocycles. The summed E-state index contributed by atoms with van der Waals surface area (Å²) in [7, 11) is 0. The van der Waals surface area contributed by atoms with Crippen molar-refractivity contribution in [3.05, 3.63) is 59.2 Å². The predicted molar refractivity (Wildman–Crippen MR) is 120 cm³/mol. The van der Waals surface area contributed by atoms with E-state index in [0.29, 0.717) is 34.4 Å². The maximum absolute atomic E-state index is 12.7. The molecule has 166 valence electrons. The van der Waals surface area contributed by atoms with E-state index in [2.05, 4.69) is 25.8 Å². The van der Waals surface area contributed by atoms with Crippen LogP contribution in [0.5, 0.6) is 0 Å². The summed E-state index contributed by atoms with van der Waals surface area (Å²) >= 11 is 6.23. The lowest BCUT2D eigenvalue weighted by Gasteiger charge is -2.23. The topological polar surface area (TPSA) is 110 Å². The van der Waals surface area contributed by atoms with E-state index in [-0.39, 0.29) is 24.3 Å². The molecule has 9 heteroatoms. The SMILES string of the molecule is O=C(CCc1nc(-c2cccnc2)no1)Nc1ccc(Cl)c(C(=O)NC2CCCCC2)c1. The first-order valence-corrected chi connectivity index (χ1v) is 11.1. The fourth-order valence-corrected chi connectivity index (χ4v) is 3.90. The second kappa shape index (κ2) is 10.4. The zero-order valence-corrected chi connectivity index (χ0v) is 18.3. The number of amides is 2.